The number of nitrogens with zero attached hydrogens (tertiary/aromatic N) is 4. The zero-order chi connectivity index (χ0) is 17.8. The van der Waals surface area contributed by atoms with Gasteiger partial charge in [0.1, 0.15) is 0 Å². The molecule has 4 rings (SSSR count). The molecule has 0 atom stereocenters. The Balaban J connectivity index is 1.37. The highest BCUT2D eigenvalue weighted by molar-refractivity contribution is 8.00. The summed E-state index contributed by atoms with van der Waals surface area (Å²) in [6, 6.07) is 8.83. The number of carbonyl (C=O) groups is 1. The van der Waals surface area contributed by atoms with Crippen molar-refractivity contribution in [3.8, 4) is 11.5 Å². The number of hydrogen-bond donors (Lipinski definition) is 1. The van der Waals surface area contributed by atoms with E-state index in [1.807, 2.05) is 12.1 Å². The summed E-state index contributed by atoms with van der Waals surface area (Å²) in [6.45, 7) is 0. The first-order valence-corrected chi connectivity index (χ1v) is 9.25. The van der Waals surface area contributed by atoms with Gasteiger partial charge in [0.25, 0.3) is 5.91 Å². The molecule has 4 aromatic heterocycles. The van der Waals surface area contributed by atoms with Gasteiger partial charge in [-0.2, -0.15) is 0 Å². The van der Waals surface area contributed by atoms with E-state index in [1.165, 1.54) is 35.4 Å². The molecule has 0 aliphatic carbocycles. The number of amides is 1. The molecule has 4 heterocycles. The van der Waals surface area contributed by atoms with Gasteiger partial charge in [-0.15, -0.1) is 10.2 Å². The lowest BCUT2D eigenvalue weighted by Crippen LogP contribution is -2.11. The van der Waals surface area contributed by atoms with Crippen LogP contribution in [-0.4, -0.2) is 26.2 Å². The molecule has 0 aliphatic rings. The van der Waals surface area contributed by atoms with Crippen molar-refractivity contribution >= 4 is 34.1 Å². The Morgan fingerprint density at radius 1 is 1.23 bits per heavy atom. The van der Waals surface area contributed by atoms with E-state index >= 15 is 0 Å². The van der Waals surface area contributed by atoms with Gasteiger partial charge >= 0.3 is 0 Å². The van der Waals surface area contributed by atoms with E-state index < -0.39 is 5.91 Å². The van der Waals surface area contributed by atoms with Gasteiger partial charge in [-0.3, -0.25) is 15.1 Å². The molecular weight excluding hydrogens is 374 g/mol. The maximum Gasteiger partial charge on any atom is 0.279 e. The van der Waals surface area contributed by atoms with Crippen LogP contribution in [0.15, 0.2) is 62.3 Å². The Morgan fingerprint density at radius 2 is 2.19 bits per heavy atom. The zero-order valence-corrected chi connectivity index (χ0v) is 14.8. The summed E-state index contributed by atoms with van der Waals surface area (Å²) in [7, 11) is 0. The van der Waals surface area contributed by atoms with Crippen molar-refractivity contribution < 1.29 is 13.7 Å². The highest BCUT2D eigenvalue weighted by Crippen LogP contribution is 2.28. The maximum absolute atomic E-state index is 12.2. The van der Waals surface area contributed by atoms with Crippen molar-refractivity contribution in [3.63, 3.8) is 0 Å². The number of carbonyl (C=O) groups excluding carboxylic acids is 1. The molecule has 0 radical (unpaired) electrons. The number of anilines is 1. The molecule has 1 N–H and O–H groups in total. The minimum Gasteiger partial charge on any atom is -0.461 e. The van der Waals surface area contributed by atoms with Crippen LogP contribution >= 0.6 is 23.1 Å². The van der Waals surface area contributed by atoms with E-state index in [-0.39, 0.29) is 5.69 Å². The second-order valence-corrected chi connectivity index (χ2v) is 7.23. The summed E-state index contributed by atoms with van der Waals surface area (Å²) < 4.78 is 11.1. The molecule has 0 saturated carbocycles. The molecule has 0 spiro atoms. The van der Waals surface area contributed by atoms with Crippen LogP contribution in [0.25, 0.3) is 11.5 Å². The van der Waals surface area contributed by atoms with Crippen LogP contribution in [0.2, 0.25) is 0 Å². The summed E-state index contributed by atoms with van der Waals surface area (Å²) >= 11 is 2.82. The molecule has 0 unspecified atom stereocenters. The van der Waals surface area contributed by atoms with E-state index in [1.54, 1.807) is 24.5 Å². The van der Waals surface area contributed by atoms with Gasteiger partial charge in [0.15, 0.2) is 15.8 Å². The lowest BCUT2D eigenvalue weighted by molar-refractivity contribution is 0.101. The summed E-state index contributed by atoms with van der Waals surface area (Å²) in [5.41, 5.74) is 1.22. The Labute approximate surface area is 155 Å². The summed E-state index contributed by atoms with van der Waals surface area (Å²) in [4.78, 5) is 16.3. The van der Waals surface area contributed by atoms with Crippen LogP contribution in [-0.2, 0) is 5.75 Å². The predicted octanol–water partition coefficient (Wildman–Crippen LogP) is 3.73. The second-order valence-electron chi connectivity index (χ2n) is 5.03. The number of rotatable bonds is 6. The lowest BCUT2D eigenvalue weighted by Gasteiger charge is -1.96. The topological polar surface area (TPSA) is 107 Å². The van der Waals surface area contributed by atoms with Gasteiger partial charge in [0, 0.05) is 24.2 Å². The van der Waals surface area contributed by atoms with Gasteiger partial charge in [-0.25, -0.2) is 0 Å². The van der Waals surface area contributed by atoms with Crippen molar-refractivity contribution in [2.45, 2.75) is 10.1 Å². The largest absolute Gasteiger partial charge is 0.461 e. The molecule has 0 saturated heterocycles. The monoisotopic (exact) mass is 385 g/mol. The molecule has 26 heavy (non-hydrogen) atoms. The van der Waals surface area contributed by atoms with Crippen LogP contribution in [0.3, 0.4) is 0 Å². The van der Waals surface area contributed by atoms with Crippen LogP contribution < -0.4 is 5.32 Å². The van der Waals surface area contributed by atoms with E-state index in [0.29, 0.717) is 16.7 Å². The first-order chi connectivity index (χ1) is 12.8. The van der Waals surface area contributed by atoms with Gasteiger partial charge in [0.2, 0.25) is 10.9 Å². The van der Waals surface area contributed by atoms with Gasteiger partial charge < -0.3 is 8.94 Å². The molecule has 0 fully saturated rings. The predicted molar refractivity (Wildman–Crippen MR) is 95.9 cm³/mol. The fourth-order valence-corrected chi connectivity index (χ4v) is 3.71. The molecule has 0 aromatic carbocycles. The molecule has 8 nitrogen and oxygen atoms in total. The van der Waals surface area contributed by atoms with Gasteiger partial charge in [-0.05, 0) is 23.8 Å². The minimum absolute atomic E-state index is 0.135. The Bertz CT molecular complexity index is 998. The third kappa shape index (κ3) is 3.81. The van der Waals surface area contributed by atoms with E-state index in [4.69, 9.17) is 8.94 Å². The van der Waals surface area contributed by atoms with E-state index in [2.05, 4.69) is 25.7 Å². The minimum atomic E-state index is -0.425. The number of hydrogen-bond acceptors (Lipinski definition) is 9. The smallest absolute Gasteiger partial charge is 0.279 e. The second kappa shape index (κ2) is 7.50. The average Bonchev–Trinajstić information content (AvgIpc) is 3.41. The van der Waals surface area contributed by atoms with E-state index in [9.17, 15) is 4.79 Å². The summed E-state index contributed by atoms with van der Waals surface area (Å²) in [5, 5.41) is 14.8. The summed E-state index contributed by atoms with van der Waals surface area (Å²) in [5.74, 6) is 1.19. The number of nitrogens with one attached hydrogen (secondary N) is 1. The first kappa shape index (κ1) is 16.5. The number of pyridine rings is 1. The average molecular weight is 385 g/mol. The Kier molecular flexibility index (Phi) is 4.75. The molecule has 1 amide bonds. The number of aromatic nitrogens is 4. The summed E-state index contributed by atoms with van der Waals surface area (Å²) in [6.07, 6.45) is 5.05. The number of thioether (sulfide) groups is 1. The molecule has 0 bridgehead atoms. The molecule has 10 heteroatoms. The highest BCUT2D eigenvalue weighted by Gasteiger charge is 2.17. The number of furan rings is 1. The van der Waals surface area contributed by atoms with Crippen molar-refractivity contribution in [1.29, 1.82) is 0 Å². The fourth-order valence-electron chi connectivity index (χ4n) is 2.03. The van der Waals surface area contributed by atoms with Crippen molar-refractivity contribution in [2.24, 2.45) is 0 Å². The Morgan fingerprint density at radius 3 is 3.00 bits per heavy atom. The zero-order valence-electron chi connectivity index (χ0n) is 13.2. The third-order valence-electron chi connectivity index (χ3n) is 3.22. The molecule has 4 aromatic rings. The lowest BCUT2D eigenvalue weighted by atomic mass is 10.3. The van der Waals surface area contributed by atoms with Gasteiger partial charge in [0.05, 0.1) is 6.26 Å². The fraction of sp³-hybridized carbons (Fsp3) is 0.0625. The van der Waals surface area contributed by atoms with Crippen molar-refractivity contribution in [1.82, 2.24) is 20.3 Å². The molecule has 130 valence electrons. The van der Waals surface area contributed by atoms with Crippen LogP contribution in [0.5, 0.6) is 0 Å². The van der Waals surface area contributed by atoms with E-state index in [0.717, 1.165) is 15.7 Å². The third-order valence-corrected chi connectivity index (χ3v) is 5.26. The van der Waals surface area contributed by atoms with Crippen molar-refractivity contribution in [3.05, 3.63) is 60.2 Å². The van der Waals surface area contributed by atoms with Crippen LogP contribution in [0.4, 0.5) is 5.13 Å². The quantitative estimate of drug-likeness (QED) is 0.395. The molecular formula is C16H11N5O3S2. The standard InChI is InChI=1S/C16H11N5O3S2/c22-14(11-7-13(24-21-11)12-4-2-6-23-12)18-15-19-20-16(26-15)25-9-10-3-1-5-17-8-10/h1-8H,9H2,(H,18,19,22). The van der Waals surface area contributed by atoms with Gasteiger partial charge in [-0.1, -0.05) is 34.3 Å². The van der Waals surface area contributed by atoms with Crippen LogP contribution in [0, 0.1) is 0 Å². The molecule has 0 aliphatic heterocycles. The highest BCUT2D eigenvalue weighted by atomic mass is 32.2. The Hall–Kier alpha value is -2.98. The van der Waals surface area contributed by atoms with Crippen molar-refractivity contribution in [2.75, 3.05) is 5.32 Å². The van der Waals surface area contributed by atoms with Crippen LogP contribution in [0.1, 0.15) is 16.1 Å². The first-order valence-electron chi connectivity index (χ1n) is 7.45. The normalized spacial score (nSPS) is 10.8. The maximum atomic E-state index is 12.2. The SMILES string of the molecule is O=C(Nc1nnc(SCc2cccnc2)s1)c1cc(-c2ccco2)on1.